The van der Waals surface area contributed by atoms with E-state index in [2.05, 4.69) is 22.1 Å². The molecule has 1 amide bonds. The number of carbonyl (C=O) groups excluding carboxylic acids is 1. The maximum atomic E-state index is 12.3. The van der Waals surface area contributed by atoms with Gasteiger partial charge in [0.15, 0.2) is 5.13 Å². The second-order valence-electron chi connectivity index (χ2n) is 7.16. The van der Waals surface area contributed by atoms with Crippen molar-refractivity contribution in [2.45, 2.75) is 32.6 Å². The van der Waals surface area contributed by atoms with E-state index in [-0.39, 0.29) is 11.8 Å². The van der Waals surface area contributed by atoms with Crippen LogP contribution < -0.4 is 10.2 Å². The van der Waals surface area contributed by atoms with Crippen LogP contribution in [0.15, 0.2) is 36.7 Å². The first-order valence-electron chi connectivity index (χ1n) is 9.95. The molecule has 0 aliphatic carbocycles. The molecular formula is C21H25N5OS. The molecule has 1 N–H and O–H groups in total. The molecule has 1 fully saturated rings. The highest BCUT2D eigenvalue weighted by atomic mass is 32.1. The largest absolute Gasteiger partial charge is 0.356 e. The van der Waals surface area contributed by atoms with E-state index in [1.165, 1.54) is 0 Å². The monoisotopic (exact) mass is 395 g/mol. The topological polar surface area (TPSA) is 71.0 Å². The third-order valence-electron chi connectivity index (χ3n) is 5.17. The van der Waals surface area contributed by atoms with Crippen LogP contribution in [0.5, 0.6) is 0 Å². The van der Waals surface area contributed by atoms with E-state index in [1.54, 1.807) is 17.5 Å². The number of hydrogen-bond donors (Lipinski definition) is 1. The van der Waals surface area contributed by atoms with Gasteiger partial charge >= 0.3 is 0 Å². The fourth-order valence-electron chi connectivity index (χ4n) is 3.48. The number of amides is 1. The SMILES string of the molecule is CCCCNC(=O)C1CCN(c2nc3ccc(-c4cccnc4)nc3s2)CC1. The Hall–Kier alpha value is -2.54. The van der Waals surface area contributed by atoms with Gasteiger partial charge in [0.1, 0.15) is 10.3 Å². The average Bonchev–Trinajstić information content (AvgIpc) is 3.18. The van der Waals surface area contributed by atoms with Gasteiger partial charge in [-0.15, -0.1) is 0 Å². The molecule has 0 aromatic carbocycles. The van der Waals surface area contributed by atoms with Crippen molar-refractivity contribution in [3.63, 3.8) is 0 Å². The summed E-state index contributed by atoms with van der Waals surface area (Å²) in [5, 5.41) is 4.06. The number of thiazole rings is 1. The minimum absolute atomic E-state index is 0.123. The predicted octanol–water partition coefficient (Wildman–Crippen LogP) is 3.89. The number of hydrogen-bond acceptors (Lipinski definition) is 6. The lowest BCUT2D eigenvalue weighted by Gasteiger charge is -2.30. The van der Waals surface area contributed by atoms with Crippen molar-refractivity contribution in [1.29, 1.82) is 0 Å². The van der Waals surface area contributed by atoms with Gasteiger partial charge < -0.3 is 10.2 Å². The second-order valence-corrected chi connectivity index (χ2v) is 8.12. The Morgan fingerprint density at radius 3 is 2.86 bits per heavy atom. The molecule has 4 heterocycles. The summed E-state index contributed by atoms with van der Waals surface area (Å²) in [4.78, 5) is 29.2. The number of rotatable bonds is 6. The molecule has 1 saturated heterocycles. The zero-order valence-electron chi connectivity index (χ0n) is 16.1. The smallest absolute Gasteiger partial charge is 0.223 e. The third-order valence-corrected chi connectivity index (χ3v) is 6.19. The molecule has 6 nitrogen and oxygen atoms in total. The van der Waals surface area contributed by atoms with Crippen LogP contribution in [0.25, 0.3) is 21.6 Å². The van der Waals surface area contributed by atoms with E-state index >= 15 is 0 Å². The fraction of sp³-hybridized carbons (Fsp3) is 0.429. The van der Waals surface area contributed by atoms with Crippen LogP contribution in [0, 0.1) is 5.92 Å². The molecule has 3 aromatic heterocycles. The molecular weight excluding hydrogens is 370 g/mol. The van der Waals surface area contributed by atoms with Crippen LogP contribution in [0.4, 0.5) is 5.13 Å². The molecule has 28 heavy (non-hydrogen) atoms. The summed E-state index contributed by atoms with van der Waals surface area (Å²) in [7, 11) is 0. The van der Waals surface area contributed by atoms with Gasteiger partial charge in [-0.3, -0.25) is 9.78 Å². The number of unbranched alkanes of at least 4 members (excludes halogenated alkanes) is 1. The van der Waals surface area contributed by atoms with Crippen molar-refractivity contribution >= 4 is 32.7 Å². The molecule has 0 atom stereocenters. The quantitative estimate of drug-likeness (QED) is 0.641. The first-order chi connectivity index (χ1) is 13.7. The molecule has 1 aliphatic rings. The molecule has 146 valence electrons. The zero-order chi connectivity index (χ0) is 19.3. The molecule has 0 radical (unpaired) electrons. The van der Waals surface area contributed by atoms with E-state index in [0.29, 0.717) is 0 Å². The van der Waals surface area contributed by atoms with Crippen LogP contribution in [0.3, 0.4) is 0 Å². The van der Waals surface area contributed by atoms with E-state index in [1.807, 2.05) is 30.5 Å². The number of nitrogens with zero attached hydrogens (tertiary/aromatic N) is 4. The molecule has 1 aliphatic heterocycles. The Morgan fingerprint density at radius 1 is 1.25 bits per heavy atom. The van der Waals surface area contributed by atoms with Crippen LogP contribution >= 0.6 is 11.3 Å². The first-order valence-corrected chi connectivity index (χ1v) is 10.8. The van der Waals surface area contributed by atoms with Crippen LogP contribution in [0.1, 0.15) is 32.6 Å². The molecule has 0 saturated carbocycles. The Balaban J connectivity index is 1.42. The summed E-state index contributed by atoms with van der Waals surface area (Å²) >= 11 is 1.62. The highest BCUT2D eigenvalue weighted by Crippen LogP contribution is 2.32. The number of pyridine rings is 2. The number of piperidine rings is 1. The molecule has 0 unspecified atom stereocenters. The Bertz CT molecular complexity index is 934. The number of fused-ring (bicyclic) bond motifs is 1. The lowest BCUT2D eigenvalue weighted by molar-refractivity contribution is -0.125. The van der Waals surface area contributed by atoms with Crippen molar-refractivity contribution in [2.75, 3.05) is 24.5 Å². The Morgan fingerprint density at radius 2 is 2.11 bits per heavy atom. The van der Waals surface area contributed by atoms with Gasteiger partial charge in [-0.25, -0.2) is 9.97 Å². The first kappa shape index (κ1) is 18.8. The summed E-state index contributed by atoms with van der Waals surface area (Å²) < 4.78 is 0. The molecule has 0 bridgehead atoms. The predicted molar refractivity (Wildman–Crippen MR) is 114 cm³/mol. The van der Waals surface area contributed by atoms with Gasteiger partial charge in [-0.05, 0) is 43.5 Å². The summed E-state index contributed by atoms with van der Waals surface area (Å²) in [6.45, 7) is 4.65. The average molecular weight is 396 g/mol. The normalized spacial score (nSPS) is 15.1. The summed E-state index contributed by atoms with van der Waals surface area (Å²) in [5.74, 6) is 0.331. The summed E-state index contributed by atoms with van der Waals surface area (Å²) in [6.07, 6.45) is 7.49. The van der Waals surface area contributed by atoms with E-state index in [9.17, 15) is 4.79 Å². The molecule has 7 heteroatoms. The van der Waals surface area contributed by atoms with Gasteiger partial charge in [0.25, 0.3) is 0 Å². The van der Waals surface area contributed by atoms with Crippen LogP contribution in [-0.2, 0) is 4.79 Å². The van der Waals surface area contributed by atoms with E-state index in [4.69, 9.17) is 9.97 Å². The second kappa shape index (κ2) is 8.65. The van der Waals surface area contributed by atoms with E-state index in [0.717, 1.165) is 72.1 Å². The number of nitrogens with one attached hydrogen (secondary N) is 1. The highest BCUT2D eigenvalue weighted by Gasteiger charge is 2.26. The lowest BCUT2D eigenvalue weighted by Crippen LogP contribution is -2.40. The number of anilines is 1. The minimum Gasteiger partial charge on any atom is -0.356 e. The van der Waals surface area contributed by atoms with E-state index < -0.39 is 0 Å². The number of carbonyl (C=O) groups is 1. The van der Waals surface area contributed by atoms with Crippen molar-refractivity contribution < 1.29 is 4.79 Å². The zero-order valence-corrected chi connectivity index (χ0v) is 16.9. The fourth-order valence-corrected chi connectivity index (χ4v) is 4.47. The molecule has 4 rings (SSSR count). The maximum absolute atomic E-state index is 12.3. The maximum Gasteiger partial charge on any atom is 0.223 e. The van der Waals surface area contributed by atoms with Crippen molar-refractivity contribution in [2.24, 2.45) is 5.92 Å². The number of aromatic nitrogens is 3. The Kier molecular flexibility index (Phi) is 5.81. The van der Waals surface area contributed by atoms with Crippen molar-refractivity contribution in [3.8, 4) is 11.3 Å². The minimum atomic E-state index is 0.123. The standard InChI is InChI=1S/C21H25N5OS/c1-2-3-11-23-19(27)15-8-12-26(13-9-15)21-25-18-7-6-17(24-20(18)28-21)16-5-4-10-22-14-16/h4-7,10,14-15H,2-3,8-9,11-13H2,1H3,(H,23,27). The van der Waals surface area contributed by atoms with Gasteiger partial charge in [0.2, 0.25) is 5.91 Å². The van der Waals surface area contributed by atoms with Crippen LogP contribution in [0.2, 0.25) is 0 Å². The van der Waals surface area contributed by atoms with Crippen LogP contribution in [-0.4, -0.2) is 40.5 Å². The van der Waals surface area contributed by atoms with Crippen molar-refractivity contribution in [3.05, 3.63) is 36.7 Å². The van der Waals surface area contributed by atoms with Gasteiger partial charge in [0, 0.05) is 43.5 Å². The lowest BCUT2D eigenvalue weighted by atomic mass is 9.96. The highest BCUT2D eigenvalue weighted by molar-refractivity contribution is 7.21. The Labute approximate surface area is 169 Å². The summed E-state index contributed by atoms with van der Waals surface area (Å²) in [5.41, 5.74) is 2.85. The van der Waals surface area contributed by atoms with Gasteiger partial charge in [-0.2, -0.15) is 0 Å². The van der Waals surface area contributed by atoms with Gasteiger partial charge in [0.05, 0.1) is 5.69 Å². The third kappa shape index (κ3) is 4.14. The molecule has 0 spiro atoms. The molecule has 3 aromatic rings. The summed E-state index contributed by atoms with van der Waals surface area (Å²) in [6, 6.07) is 7.95. The van der Waals surface area contributed by atoms with Gasteiger partial charge in [-0.1, -0.05) is 24.7 Å². The van der Waals surface area contributed by atoms with Crippen molar-refractivity contribution in [1.82, 2.24) is 20.3 Å².